The van der Waals surface area contributed by atoms with E-state index in [2.05, 4.69) is 21.7 Å². The molecular weight excluding hydrogens is 302 g/mol. The van der Waals surface area contributed by atoms with Crippen molar-refractivity contribution in [2.24, 2.45) is 11.8 Å². The van der Waals surface area contributed by atoms with Crippen LogP contribution in [0.4, 0.5) is 4.79 Å². The molecule has 5 heteroatoms. The highest BCUT2D eigenvalue weighted by atomic mass is 16.5. The topological polar surface area (TPSA) is 63.2 Å². The van der Waals surface area contributed by atoms with E-state index in [0.29, 0.717) is 18.4 Å². The van der Waals surface area contributed by atoms with Gasteiger partial charge in [-0.1, -0.05) is 36.4 Å². The number of carbonyl (C=O) groups excluding carboxylic acids is 1. The summed E-state index contributed by atoms with van der Waals surface area (Å²) in [7, 11) is 0. The summed E-state index contributed by atoms with van der Waals surface area (Å²) in [6.07, 6.45) is 1.46. The van der Waals surface area contributed by atoms with Crippen LogP contribution in [0.5, 0.6) is 0 Å². The first-order chi connectivity index (χ1) is 11.8. The molecular formula is C19H21N3O2. The standard InChI is InChI=1S/C19H21N3O2/c23-18(24-12-14-6-2-1-3-7-14)22-13-19(15-10-20-11-16(15)19)17-8-4-5-9-21-17/h1-9,15-16,20H,10-13H2,(H,22,23)/t15-,16+,19?. The van der Waals surface area contributed by atoms with Crippen LogP contribution < -0.4 is 10.6 Å². The second-order valence-electron chi connectivity index (χ2n) is 6.54. The van der Waals surface area contributed by atoms with Gasteiger partial charge in [-0.05, 0) is 42.6 Å². The highest BCUT2D eigenvalue weighted by molar-refractivity contribution is 5.67. The number of hydrogen-bond donors (Lipinski definition) is 2. The molecule has 2 fully saturated rings. The van der Waals surface area contributed by atoms with E-state index in [1.807, 2.05) is 48.7 Å². The van der Waals surface area contributed by atoms with Crippen LogP contribution in [0.3, 0.4) is 0 Å². The number of ether oxygens (including phenoxy) is 1. The van der Waals surface area contributed by atoms with Crippen molar-refractivity contribution in [1.29, 1.82) is 0 Å². The van der Waals surface area contributed by atoms with Gasteiger partial charge in [-0.25, -0.2) is 4.79 Å². The molecule has 2 aliphatic rings. The summed E-state index contributed by atoms with van der Waals surface area (Å²) in [5.74, 6) is 1.09. The molecule has 1 amide bonds. The maximum absolute atomic E-state index is 12.1. The van der Waals surface area contributed by atoms with Crippen LogP contribution in [0.25, 0.3) is 0 Å². The molecule has 1 aliphatic heterocycles. The van der Waals surface area contributed by atoms with E-state index in [-0.39, 0.29) is 18.1 Å². The number of hydrogen-bond acceptors (Lipinski definition) is 4. The minimum atomic E-state index is -0.368. The van der Waals surface area contributed by atoms with Crippen molar-refractivity contribution < 1.29 is 9.53 Å². The summed E-state index contributed by atoms with van der Waals surface area (Å²) in [4.78, 5) is 16.6. The number of nitrogens with zero attached hydrogens (tertiary/aromatic N) is 1. The molecule has 1 unspecified atom stereocenters. The van der Waals surface area contributed by atoms with Crippen molar-refractivity contribution in [3.8, 4) is 0 Å². The predicted molar refractivity (Wildman–Crippen MR) is 90.4 cm³/mol. The molecule has 3 atom stereocenters. The average Bonchev–Trinajstić information content (AvgIpc) is 2.99. The number of pyridine rings is 1. The van der Waals surface area contributed by atoms with Crippen LogP contribution in [0, 0.1) is 11.8 Å². The van der Waals surface area contributed by atoms with Crippen LogP contribution in [0.1, 0.15) is 11.3 Å². The molecule has 5 nitrogen and oxygen atoms in total. The summed E-state index contributed by atoms with van der Waals surface area (Å²) in [5, 5.41) is 6.36. The number of amides is 1. The Balaban J connectivity index is 1.37. The molecule has 0 bridgehead atoms. The van der Waals surface area contributed by atoms with Crippen molar-refractivity contribution >= 4 is 6.09 Å². The molecule has 2 N–H and O–H groups in total. The number of rotatable bonds is 5. The van der Waals surface area contributed by atoms with E-state index in [4.69, 9.17) is 4.74 Å². The summed E-state index contributed by atoms with van der Waals surface area (Å²) in [6, 6.07) is 15.7. The van der Waals surface area contributed by atoms with Gasteiger partial charge in [-0.3, -0.25) is 4.98 Å². The molecule has 2 aromatic rings. The van der Waals surface area contributed by atoms with E-state index in [1.54, 1.807) is 0 Å². The lowest BCUT2D eigenvalue weighted by molar-refractivity contribution is 0.138. The number of carbonyl (C=O) groups is 1. The highest BCUT2D eigenvalue weighted by Crippen LogP contribution is 2.60. The maximum Gasteiger partial charge on any atom is 0.407 e. The molecule has 124 valence electrons. The molecule has 1 aliphatic carbocycles. The Hall–Kier alpha value is -2.40. The number of nitrogens with one attached hydrogen (secondary N) is 2. The van der Waals surface area contributed by atoms with Gasteiger partial charge in [-0.15, -0.1) is 0 Å². The molecule has 1 saturated carbocycles. The van der Waals surface area contributed by atoms with Crippen molar-refractivity contribution in [2.45, 2.75) is 12.0 Å². The zero-order valence-electron chi connectivity index (χ0n) is 13.4. The van der Waals surface area contributed by atoms with Crippen LogP contribution in [0.2, 0.25) is 0 Å². The van der Waals surface area contributed by atoms with Crippen molar-refractivity contribution in [3.05, 3.63) is 66.0 Å². The molecule has 1 saturated heterocycles. The second-order valence-corrected chi connectivity index (χ2v) is 6.54. The molecule has 0 radical (unpaired) electrons. The molecule has 2 heterocycles. The van der Waals surface area contributed by atoms with Crippen LogP contribution >= 0.6 is 0 Å². The quantitative estimate of drug-likeness (QED) is 0.884. The Morgan fingerprint density at radius 3 is 2.62 bits per heavy atom. The summed E-state index contributed by atoms with van der Waals surface area (Å²) in [6.45, 7) is 2.84. The monoisotopic (exact) mass is 323 g/mol. The Bertz CT molecular complexity index is 695. The van der Waals surface area contributed by atoms with E-state index in [1.165, 1.54) is 0 Å². The van der Waals surface area contributed by atoms with Gasteiger partial charge in [-0.2, -0.15) is 0 Å². The maximum atomic E-state index is 12.1. The van der Waals surface area contributed by atoms with Crippen LogP contribution in [-0.2, 0) is 16.8 Å². The minimum absolute atomic E-state index is 0.0434. The lowest BCUT2D eigenvalue weighted by Crippen LogP contribution is -2.38. The normalized spacial score (nSPS) is 27.3. The van der Waals surface area contributed by atoms with E-state index in [9.17, 15) is 4.79 Å². The Kier molecular flexibility index (Phi) is 3.94. The summed E-state index contributed by atoms with van der Waals surface area (Å²) >= 11 is 0. The first kappa shape index (κ1) is 15.1. The third-order valence-electron chi connectivity index (χ3n) is 5.31. The number of benzene rings is 1. The van der Waals surface area contributed by atoms with Crippen molar-refractivity contribution in [1.82, 2.24) is 15.6 Å². The molecule has 0 spiro atoms. The van der Waals surface area contributed by atoms with Crippen LogP contribution in [-0.4, -0.2) is 30.7 Å². The van der Waals surface area contributed by atoms with Gasteiger partial charge in [0.2, 0.25) is 0 Å². The van der Waals surface area contributed by atoms with Gasteiger partial charge in [0.1, 0.15) is 6.61 Å². The third kappa shape index (κ3) is 2.65. The largest absolute Gasteiger partial charge is 0.445 e. The van der Waals surface area contributed by atoms with Crippen LogP contribution in [0.15, 0.2) is 54.7 Å². The van der Waals surface area contributed by atoms with E-state index in [0.717, 1.165) is 24.3 Å². The zero-order chi connectivity index (χ0) is 16.4. The van der Waals surface area contributed by atoms with Gasteiger partial charge in [0.25, 0.3) is 0 Å². The van der Waals surface area contributed by atoms with Gasteiger partial charge in [0.05, 0.1) is 0 Å². The first-order valence-corrected chi connectivity index (χ1v) is 8.37. The fraction of sp³-hybridized carbons (Fsp3) is 0.368. The van der Waals surface area contributed by atoms with Crippen molar-refractivity contribution in [2.75, 3.05) is 19.6 Å². The van der Waals surface area contributed by atoms with E-state index < -0.39 is 0 Å². The lowest BCUT2D eigenvalue weighted by atomic mass is 9.95. The number of alkyl carbamates (subject to hydrolysis) is 1. The predicted octanol–water partition coefficient (Wildman–Crippen LogP) is 2.09. The van der Waals surface area contributed by atoms with Gasteiger partial charge >= 0.3 is 6.09 Å². The number of aromatic nitrogens is 1. The summed E-state index contributed by atoms with van der Waals surface area (Å²) in [5.41, 5.74) is 2.02. The van der Waals surface area contributed by atoms with Gasteiger partial charge < -0.3 is 15.4 Å². The Morgan fingerprint density at radius 1 is 1.17 bits per heavy atom. The number of fused-ring (bicyclic) bond motifs is 1. The fourth-order valence-electron chi connectivity index (χ4n) is 4.01. The first-order valence-electron chi connectivity index (χ1n) is 8.37. The number of piperidine rings is 1. The smallest absolute Gasteiger partial charge is 0.407 e. The molecule has 4 rings (SSSR count). The average molecular weight is 323 g/mol. The third-order valence-corrected chi connectivity index (χ3v) is 5.31. The van der Waals surface area contributed by atoms with Gasteiger partial charge in [0.15, 0.2) is 0 Å². The molecule has 1 aromatic carbocycles. The SMILES string of the molecule is O=C(NCC1(c2ccccn2)[C@@H]2CNC[C@@H]21)OCc1ccccc1. The molecule has 24 heavy (non-hydrogen) atoms. The fourth-order valence-corrected chi connectivity index (χ4v) is 4.01. The van der Waals surface area contributed by atoms with Gasteiger partial charge in [0, 0.05) is 23.9 Å². The highest BCUT2D eigenvalue weighted by Gasteiger charge is 2.67. The van der Waals surface area contributed by atoms with Crippen molar-refractivity contribution in [3.63, 3.8) is 0 Å². The molecule has 1 aromatic heterocycles. The summed E-state index contributed by atoms with van der Waals surface area (Å²) < 4.78 is 5.32. The Morgan fingerprint density at radius 2 is 1.92 bits per heavy atom. The second kappa shape index (κ2) is 6.24. The Labute approximate surface area is 141 Å². The lowest BCUT2D eigenvalue weighted by Gasteiger charge is -2.21. The zero-order valence-corrected chi connectivity index (χ0v) is 13.4. The minimum Gasteiger partial charge on any atom is -0.445 e. The van der Waals surface area contributed by atoms with E-state index >= 15 is 0 Å².